The van der Waals surface area contributed by atoms with E-state index in [1.165, 1.54) is 10.4 Å². The molecule has 1 aromatic heterocycles. The van der Waals surface area contributed by atoms with Gasteiger partial charge in [0.1, 0.15) is 0 Å². The van der Waals surface area contributed by atoms with Gasteiger partial charge in [0.2, 0.25) is 0 Å². The van der Waals surface area contributed by atoms with E-state index in [0.717, 1.165) is 49.1 Å². The number of thiazole rings is 1. The van der Waals surface area contributed by atoms with Crippen LogP contribution in [0.5, 0.6) is 0 Å². The van der Waals surface area contributed by atoms with Crippen molar-refractivity contribution in [3.63, 3.8) is 0 Å². The molecule has 1 atom stereocenters. The Kier molecular flexibility index (Phi) is 9.85. The zero-order chi connectivity index (χ0) is 19.9. The minimum absolute atomic E-state index is 0. The lowest BCUT2D eigenvalue weighted by Crippen LogP contribution is -2.49. The standard InChI is InChI=1S/C22H33N5S.HI/c1-5-23-22(24-15-21-16(2)25-18(4)28-21)26-20-11-13-27(14-12-20)17(3)19-9-7-6-8-10-19;/h6-10,17,20H,5,11-15H2,1-4H3,(H2,23,24,26);1H. The summed E-state index contributed by atoms with van der Waals surface area (Å²) in [5.41, 5.74) is 2.50. The van der Waals surface area contributed by atoms with Crippen LogP contribution in [0.2, 0.25) is 0 Å². The van der Waals surface area contributed by atoms with Gasteiger partial charge in [0.25, 0.3) is 0 Å². The third-order valence-electron chi connectivity index (χ3n) is 5.42. The van der Waals surface area contributed by atoms with Crippen molar-refractivity contribution in [3.8, 4) is 0 Å². The summed E-state index contributed by atoms with van der Waals surface area (Å²) >= 11 is 1.74. The lowest BCUT2D eigenvalue weighted by molar-refractivity contribution is 0.158. The predicted octanol–water partition coefficient (Wildman–Crippen LogP) is 4.66. The Morgan fingerprint density at radius 2 is 1.93 bits per heavy atom. The molecular weight excluding hydrogens is 493 g/mol. The quantitative estimate of drug-likeness (QED) is 0.326. The molecule has 1 aliphatic rings. The van der Waals surface area contributed by atoms with E-state index in [2.05, 4.69) is 78.5 Å². The van der Waals surface area contributed by atoms with Crippen molar-refractivity contribution in [1.29, 1.82) is 0 Å². The molecule has 5 nitrogen and oxygen atoms in total. The van der Waals surface area contributed by atoms with Crippen LogP contribution in [0.25, 0.3) is 0 Å². The number of guanidine groups is 1. The van der Waals surface area contributed by atoms with Gasteiger partial charge in [0, 0.05) is 36.6 Å². The number of aryl methyl sites for hydroxylation is 2. The Balaban J connectivity index is 0.00000300. The minimum Gasteiger partial charge on any atom is -0.357 e. The molecule has 2 aromatic rings. The van der Waals surface area contributed by atoms with Gasteiger partial charge in [-0.2, -0.15) is 0 Å². The van der Waals surface area contributed by atoms with Crippen LogP contribution in [0.1, 0.15) is 53.9 Å². The molecule has 0 radical (unpaired) electrons. The summed E-state index contributed by atoms with van der Waals surface area (Å²) in [5.74, 6) is 0.919. The van der Waals surface area contributed by atoms with Gasteiger partial charge in [0.05, 0.1) is 17.2 Å². The van der Waals surface area contributed by atoms with Gasteiger partial charge >= 0.3 is 0 Å². The molecule has 2 heterocycles. The highest BCUT2D eigenvalue weighted by Crippen LogP contribution is 2.24. The first-order valence-corrected chi connectivity index (χ1v) is 11.1. The van der Waals surface area contributed by atoms with Gasteiger partial charge < -0.3 is 10.6 Å². The molecule has 0 aliphatic carbocycles. The number of piperidine rings is 1. The van der Waals surface area contributed by atoms with E-state index in [4.69, 9.17) is 4.99 Å². The number of benzene rings is 1. The number of nitrogens with one attached hydrogen (secondary N) is 2. The van der Waals surface area contributed by atoms with E-state index in [9.17, 15) is 0 Å². The summed E-state index contributed by atoms with van der Waals surface area (Å²) < 4.78 is 0. The van der Waals surface area contributed by atoms with Crippen LogP contribution < -0.4 is 10.6 Å². The molecule has 0 saturated carbocycles. The highest BCUT2D eigenvalue weighted by atomic mass is 127. The van der Waals surface area contributed by atoms with Crippen LogP contribution in [0.15, 0.2) is 35.3 Å². The second-order valence-corrected chi connectivity index (χ2v) is 8.77. The number of hydrogen-bond acceptors (Lipinski definition) is 4. The van der Waals surface area contributed by atoms with Crippen LogP contribution in [0.3, 0.4) is 0 Å². The summed E-state index contributed by atoms with van der Waals surface area (Å²) in [4.78, 5) is 13.1. The lowest BCUT2D eigenvalue weighted by atomic mass is 10.0. The van der Waals surface area contributed by atoms with E-state index < -0.39 is 0 Å². The summed E-state index contributed by atoms with van der Waals surface area (Å²) in [6, 6.07) is 11.8. The van der Waals surface area contributed by atoms with E-state index in [-0.39, 0.29) is 24.0 Å². The number of aliphatic imine (C=N–C) groups is 1. The summed E-state index contributed by atoms with van der Waals surface area (Å²) in [6.45, 7) is 12.3. The number of hydrogen-bond donors (Lipinski definition) is 2. The maximum absolute atomic E-state index is 4.80. The Morgan fingerprint density at radius 3 is 2.52 bits per heavy atom. The average Bonchev–Trinajstić information content (AvgIpc) is 3.04. The predicted molar refractivity (Wildman–Crippen MR) is 134 cm³/mol. The highest BCUT2D eigenvalue weighted by molar-refractivity contribution is 14.0. The van der Waals surface area contributed by atoms with Crippen LogP contribution in [0, 0.1) is 13.8 Å². The fourth-order valence-corrected chi connectivity index (χ4v) is 4.62. The Hall–Kier alpha value is -1.19. The molecule has 160 valence electrons. The maximum atomic E-state index is 4.80. The minimum atomic E-state index is 0. The van der Waals surface area contributed by atoms with Crippen LogP contribution in [0.4, 0.5) is 0 Å². The first kappa shape index (κ1) is 24.1. The van der Waals surface area contributed by atoms with E-state index in [1.807, 2.05) is 0 Å². The van der Waals surface area contributed by atoms with Crippen molar-refractivity contribution in [2.45, 2.75) is 59.2 Å². The first-order chi connectivity index (χ1) is 13.6. The smallest absolute Gasteiger partial charge is 0.191 e. The summed E-state index contributed by atoms with van der Waals surface area (Å²) in [6.07, 6.45) is 2.28. The molecule has 7 heteroatoms. The molecule has 0 bridgehead atoms. The van der Waals surface area contributed by atoms with Gasteiger partial charge in [-0.05, 0) is 46.1 Å². The first-order valence-electron chi connectivity index (χ1n) is 10.3. The fraction of sp³-hybridized carbons (Fsp3) is 0.545. The average molecular weight is 528 g/mol. The van der Waals surface area contributed by atoms with E-state index >= 15 is 0 Å². The van der Waals surface area contributed by atoms with Gasteiger partial charge in [-0.15, -0.1) is 35.3 Å². The van der Waals surface area contributed by atoms with E-state index in [1.54, 1.807) is 11.3 Å². The van der Waals surface area contributed by atoms with Crippen LogP contribution in [-0.4, -0.2) is 41.5 Å². The number of rotatable bonds is 6. The zero-order valence-electron chi connectivity index (χ0n) is 17.9. The molecule has 0 amide bonds. The molecule has 3 rings (SSSR count). The largest absolute Gasteiger partial charge is 0.357 e. The highest BCUT2D eigenvalue weighted by Gasteiger charge is 2.24. The van der Waals surface area contributed by atoms with Crippen molar-refractivity contribution in [1.82, 2.24) is 20.5 Å². The maximum Gasteiger partial charge on any atom is 0.191 e. The van der Waals surface area contributed by atoms with Crippen molar-refractivity contribution < 1.29 is 0 Å². The van der Waals surface area contributed by atoms with Gasteiger partial charge in [-0.1, -0.05) is 30.3 Å². The van der Waals surface area contributed by atoms with Crippen LogP contribution >= 0.6 is 35.3 Å². The molecule has 1 aromatic carbocycles. The van der Waals surface area contributed by atoms with Crippen molar-refractivity contribution in [2.24, 2.45) is 4.99 Å². The molecule has 29 heavy (non-hydrogen) atoms. The summed E-state index contributed by atoms with van der Waals surface area (Å²) in [5, 5.41) is 8.16. The van der Waals surface area contributed by atoms with Crippen LogP contribution in [-0.2, 0) is 6.54 Å². The molecular formula is C22H34IN5S. The van der Waals surface area contributed by atoms with Gasteiger partial charge in [0.15, 0.2) is 5.96 Å². The summed E-state index contributed by atoms with van der Waals surface area (Å²) in [7, 11) is 0. The number of halogens is 1. The molecule has 0 spiro atoms. The normalized spacial score (nSPS) is 16.9. The zero-order valence-corrected chi connectivity index (χ0v) is 21.1. The fourth-order valence-electron chi connectivity index (χ4n) is 3.76. The Morgan fingerprint density at radius 1 is 1.24 bits per heavy atom. The second kappa shape index (κ2) is 11.9. The topological polar surface area (TPSA) is 52.6 Å². The molecule has 1 unspecified atom stereocenters. The van der Waals surface area contributed by atoms with Crippen molar-refractivity contribution in [3.05, 3.63) is 51.5 Å². The molecule has 1 fully saturated rings. The molecule has 2 N–H and O–H groups in total. The SMILES string of the molecule is CCNC(=NCc1sc(C)nc1C)NC1CCN(C(C)c2ccccc2)CC1.I. The van der Waals surface area contributed by atoms with Gasteiger partial charge in [-0.3, -0.25) is 4.90 Å². The number of aromatic nitrogens is 1. The van der Waals surface area contributed by atoms with Crippen molar-refractivity contribution in [2.75, 3.05) is 19.6 Å². The number of nitrogens with zero attached hydrogens (tertiary/aromatic N) is 3. The van der Waals surface area contributed by atoms with E-state index in [0.29, 0.717) is 18.6 Å². The molecule has 1 saturated heterocycles. The Bertz CT molecular complexity index is 769. The monoisotopic (exact) mass is 527 g/mol. The third kappa shape index (κ3) is 6.93. The molecule has 1 aliphatic heterocycles. The number of likely N-dealkylation sites (tertiary alicyclic amines) is 1. The third-order valence-corrected chi connectivity index (χ3v) is 6.48. The van der Waals surface area contributed by atoms with Gasteiger partial charge in [-0.25, -0.2) is 9.98 Å². The Labute approximate surface area is 196 Å². The second-order valence-electron chi connectivity index (χ2n) is 7.48. The van der Waals surface area contributed by atoms with Crippen molar-refractivity contribution >= 4 is 41.3 Å². The lowest BCUT2D eigenvalue weighted by Gasteiger charge is -2.37.